The molecule has 1 heterocycles. The van der Waals surface area contributed by atoms with Crippen molar-refractivity contribution >= 4 is 5.78 Å². The van der Waals surface area contributed by atoms with Gasteiger partial charge in [-0.3, -0.25) is 4.79 Å². The summed E-state index contributed by atoms with van der Waals surface area (Å²) >= 11 is 0. The summed E-state index contributed by atoms with van der Waals surface area (Å²) in [6, 6.07) is 5.82. The van der Waals surface area contributed by atoms with Crippen LogP contribution < -0.4 is 0 Å². The molecule has 0 saturated carbocycles. The number of ketones is 1. The fourth-order valence-electron chi connectivity index (χ4n) is 2.49. The molecule has 3 heteroatoms. The Morgan fingerprint density at radius 2 is 2.11 bits per heavy atom. The topological polar surface area (TPSA) is 20.3 Å². The molecule has 1 fully saturated rings. The number of benzene rings is 1. The highest BCUT2D eigenvalue weighted by molar-refractivity contribution is 5.96. The van der Waals surface area contributed by atoms with Gasteiger partial charge in [-0.25, -0.2) is 4.39 Å². The molecule has 2 nitrogen and oxygen atoms in total. The molecule has 0 radical (unpaired) electrons. The zero-order chi connectivity index (χ0) is 13.0. The van der Waals surface area contributed by atoms with E-state index in [1.807, 2.05) is 0 Å². The van der Waals surface area contributed by atoms with Crippen LogP contribution in [0, 0.1) is 11.7 Å². The minimum absolute atomic E-state index is 0.106. The molecule has 1 aliphatic heterocycles. The van der Waals surface area contributed by atoms with Crippen LogP contribution >= 0.6 is 0 Å². The largest absolute Gasteiger partial charge is 0.303 e. The summed E-state index contributed by atoms with van der Waals surface area (Å²) in [7, 11) is 0. The predicted molar refractivity (Wildman–Crippen MR) is 70.2 cm³/mol. The van der Waals surface area contributed by atoms with Crippen molar-refractivity contribution in [2.24, 2.45) is 5.92 Å². The molecular formula is C15H20FNO. The lowest BCUT2D eigenvalue weighted by atomic mass is 10.1. The molecule has 18 heavy (non-hydrogen) atoms. The number of likely N-dealkylation sites (tertiary alicyclic amines) is 1. The zero-order valence-electron chi connectivity index (χ0n) is 10.9. The number of Topliss-reactive ketones (excluding diaryl/α,β-unsaturated/α-hetero) is 1. The van der Waals surface area contributed by atoms with Gasteiger partial charge in [0.05, 0.1) is 0 Å². The second-order valence-corrected chi connectivity index (χ2v) is 5.04. The van der Waals surface area contributed by atoms with E-state index in [4.69, 9.17) is 0 Å². The van der Waals surface area contributed by atoms with Crippen LogP contribution in [0.15, 0.2) is 24.3 Å². The van der Waals surface area contributed by atoms with Gasteiger partial charge >= 0.3 is 0 Å². The Morgan fingerprint density at radius 1 is 1.39 bits per heavy atom. The molecule has 1 aromatic carbocycles. The van der Waals surface area contributed by atoms with E-state index >= 15 is 0 Å². The number of hydrogen-bond acceptors (Lipinski definition) is 2. The SMILES string of the molecule is CCC1CCN(CCC(=O)c2ccc(F)cc2)C1. The Hall–Kier alpha value is -1.22. The lowest BCUT2D eigenvalue weighted by Crippen LogP contribution is -2.23. The van der Waals surface area contributed by atoms with Gasteiger partial charge in [-0.1, -0.05) is 13.3 Å². The third-order valence-corrected chi connectivity index (χ3v) is 3.77. The average molecular weight is 249 g/mol. The van der Waals surface area contributed by atoms with Gasteiger partial charge in [-0.15, -0.1) is 0 Å². The fourth-order valence-corrected chi connectivity index (χ4v) is 2.49. The minimum Gasteiger partial charge on any atom is -0.303 e. The van der Waals surface area contributed by atoms with E-state index in [-0.39, 0.29) is 11.6 Å². The standard InChI is InChI=1S/C15H20FNO/c1-2-12-7-9-17(11-12)10-8-15(18)13-3-5-14(16)6-4-13/h3-6,12H,2,7-11H2,1H3. The number of nitrogens with zero attached hydrogens (tertiary/aromatic N) is 1. The maximum atomic E-state index is 12.7. The van der Waals surface area contributed by atoms with E-state index in [1.165, 1.54) is 25.0 Å². The van der Waals surface area contributed by atoms with Crippen molar-refractivity contribution in [3.05, 3.63) is 35.6 Å². The van der Waals surface area contributed by atoms with Gasteiger partial charge in [0.2, 0.25) is 0 Å². The maximum Gasteiger partial charge on any atom is 0.164 e. The van der Waals surface area contributed by atoms with Gasteiger partial charge in [0.1, 0.15) is 5.82 Å². The third kappa shape index (κ3) is 3.39. The van der Waals surface area contributed by atoms with Crippen molar-refractivity contribution in [2.75, 3.05) is 19.6 Å². The second kappa shape index (κ2) is 6.10. The summed E-state index contributed by atoms with van der Waals surface area (Å²) in [6.45, 7) is 5.27. The van der Waals surface area contributed by atoms with Crippen LogP contribution in [0.3, 0.4) is 0 Å². The van der Waals surface area contributed by atoms with E-state index in [0.717, 1.165) is 25.6 Å². The van der Waals surface area contributed by atoms with E-state index < -0.39 is 0 Å². The molecule has 98 valence electrons. The molecule has 1 saturated heterocycles. The Kier molecular flexibility index (Phi) is 4.48. The van der Waals surface area contributed by atoms with Crippen molar-refractivity contribution < 1.29 is 9.18 Å². The molecule has 1 aromatic rings. The Balaban J connectivity index is 1.80. The maximum absolute atomic E-state index is 12.7. The summed E-state index contributed by atoms with van der Waals surface area (Å²) in [4.78, 5) is 14.3. The first kappa shape index (κ1) is 13.2. The molecule has 1 atom stereocenters. The van der Waals surface area contributed by atoms with E-state index in [9.17, 15) is 9.18 Å². The smallest absolute Gasteiger partial charge is 0.164 e. The van der Waals surface area contributed by atoms with Crippen LogP contribution in [-0.2, 0) is 0 Å². The number of carbonyl (C=O) groups excluding carboxylic acids is 1. The molecular weight excluding hydrogens is 229 g/mol. The lowest BCUT2D eigenvalue weighted by Gasteiger charge is -2.14. The van der Waals surface area contributed by atoms with Gasteiger partial charge in [0.15, 0.2) is 5.78 Å². The fraction of sp³-hybridized carbons (Fsp3) is 0.533. The van der Waals surface area contributed by atoms with Crippen LogP contribution in [0.25, 0.3) is 0 Å². The molecule has 0 amide bonds. The number of hydrogen-bond donors (Lipinski definition) is 0. The molecule has 0 spiro atoms. The molecule has 0 aromatic heterocycles. The summed E-state index contributed by atoms with van der Waals surface area (Å²) < 4.78 is 12.7. The normalized spacial score (nSPS) is 20.2. The number of rotatable bonds is 5. The first-order chi connectivity index (χ1) is 8.69. The van der Waals surface area contributed by atoms with Crippen LogP contribution in [0.1, 0.15) is 36.5 Å². The van der Waals surface area contributed by atoms with Crippen LogP contribution in [0.4, 0.5) is 4.39 Å². The highest BCUT2D eigenvalue weighted by atomic mass is 19.1. The minimum atomic E-state index is -0.295. The molecule has 1 aliphatic rings. The van der Waals surface area contributed by atoms with Crippen molar-refractivity contribution in [3.8, 4) is 0 Å². The number of halogens is 1. The van der Waals surface area contributed by atoms with Gasteiger partial charge < -0.3 is 4.90 Å². The summed E-state index contributed by atoms with van der Waals surface area (Å²) in [5, 5.41) is 0. The van der Waals surface area contributed by atoms with Crippen molar-refractivity contribution in [3.63, 3.8) is 0 Å². The molecule has 2 rings (SSSR count). The van der Waals surface area contributed by atoms with Crippen LogP contribution in [0.2, 0.25) is 0 Å². The molecule has 0 N–H and O–H groups in total. The van der Waals surface area contributed by atoms with Gasteiger partial charge in [0.25, 0.3) is 0 Å². The number of carbonyl (C=O) groups is 1. The highest BCUT2D eigenvalue weighted by Crippen LogP contribution is 2.19. The van der Waals surface area contributed by atoms with Crippen molar-refractivity contribution in [1.82, 2.24) is 4.90 Å². The zero-order valence-corrected chi connectivity index (χ0v) is 10.9. The Morgan fingerprint density at radius 3 is 2.72 bits per heavy atom. The first-order valence-corrected chi connectivity index (χ1v) is 6.70. The van der Waals surface area contributed by atoms with Gasteiger partial charge in [-0.2, -0.15) is 0 Å². The predicted octanol–water partition coefficient (Wildman–Crippen LogP) is 3.13. The molecule has 0 aliphatic carbocycles. The molecule has 1 unspecified atom stereocenters. The Labute approximate surface area is 108 Å². The monoisotopic (exact) mass is 249 g/mol. The Bertz CT molecular complexity index is 401. The quantitative estimate of drug-likeness (QED) is 0.747. The first-order valence-electron chi connectivity index (χ1n) is 6.70. The summed E-state index contributed by atoms with van der Waals surface area (Å²) in [5.74, 6) is 0.609. The average Bonchev–Trinajstić information content (AvgIpc) is 2.85. The van der Waals surface area contributed by atoms with E-state index in [0.29, 0.717) is 12.0 Å². The van der Waals surface area contributed by atoms with Crippen molar-refractivity contribution in [1.29, 1.82) is 0 Å². The van der Waals surface area contributed by atoms with Crippen LogP contribution in [-0.4, -0.2) is 30.3 Å². The highest BCUT2D eigenvalue weighted by Gasteiger charge is 2.21. The second-order valence-electron chi connectivity index (χ2n) is 5.04. The van der Waals surface area contributed by atoms with Crippen molar-refractivity contribution in [2.45, 2.75) is 26.2 Å². The van der Waals surface area contributed by atoms with Gasteiger partial charge in [-0.05, 0) is 43.1 Å². The molecule has 0 bridgehead atoms. The van der Waals surface area contributed by atoms with E-state index in [1.54, 1.807) is 12.1 Å². The van der Waals surface area contributed by atoms with Gasteiger partial charge in [0, 0.05) is 25.1 Å². The lowest BCUT2D eigenvalue weighted by molar-refractivity contribution is 0.0968. The summed E-state index contributed by atoms with van der Waals surface area (Å²) in [5.41, 5.74) is 0.614. The van der Waals surface area contributed by atoms with Crippen LogP contribution in [0.5, 0.6) is 0 Å². The third-order valence-electron chi connectivity index (χ3n) is 3.77. The summed E-state index contributed by atoms with van der Waals surface area (Å²) in [6.07, 6.45) is 3.01. The van der Waals surface area contributed by atoms with E-state index in [2.05, 4.69) is 11.8 Å².